The second-order valence-electron chi connectivity index (χ2n) is 6.83. The number of nitrogens with zero attached hydrogens (tertiary/aromatic N) is 1. The SMILES string of the molecule is CC1CN(C(=O)c2ccc(CNC(=O)NCc3ccoc3)cc2)CC(C)O1. The van der Waals surface area contributed by atoms with E-state index in [0.29, 0.717) is 31.7 Å². The van der Waals surface area contributed by atoms with Crippen LogP contribution in [0.4, 0.5) is 4.79 Å². The normalized spacial score (nSPS) is 19.6. The predicted molar refractivity (Wildman–Crippen MR) is 100 cm³/mol. The zero-order valence-electron chi connectivity index (χ0n) is 15.6. The van der Waals surface area contributed by atoms with Crippen molar-refractivity contribution < 1.29 is 18.7 Å². The minimum atomic E-state index is -0.257. The van der Waals surface area contributed by atoms with Crippen molar-refractivity contribution in [2.45, 2.75) is 39.1 Å². The summed E-state index contributed by atoms with van der Waals surface area (Å²) in [6.07, 6.45) is 3.24. The Bertz CT molecular complexity index is 748. The Balaban J connectivity index is 1.48. The highest BCUT2D eigenvalue weighted by Crippen LogP contribution is 2.15. The number of amides is 3. The summed E-state index contributed by atoms with van der Waals surface area (Å²) in [6, 6.07) is 8.86. The predicted octanol–water partition coefficient (Wildman–Crippen LogP) is 2.53. The van der Waals surface area contributed by atoms with Gasteiger partial charge in [0.05, 0.1) is 24.7 Å². The van der Waals surface area contributed by atoms with Crippen molar-refractivity contribution in [3.63, 3.8) is 0 Å². The van der Waals surface area contributed by atoms with Gasteiger partial charge in [0.15, 0.2) is 0 Å². The van der Waals surface area contributed by atoms with Gasteiger partial charge in [-0.3, -0.25) is 4.79 Å². The van der Waals surface area contributed by atoms with Crippen LogP contribution in [0.2, 0.25) is 0 Å². The highest BCUT2D eigenvalue weighted by molar-refractivity contribution is 5.94. The molecule has 1 aromatic carbocycles. The van der Waals surface area contributed by atoms with Gasteiger partial charge in [-0.05, 0) is 37.6 Å². The Morgan fingerprint density at radius 2 is 1.63 bits per heavy atom. The topological polar surface area (TPSA) is 83.8 Å². The summed E-state index contributed by atoms with van der Waals surface area (Å²) in [5.74, 6) is 0.00867. The highest BCUT2D eigenvalue weighted by Gasteiger charge is 2.26. The number of ether oxygens (including phenoxy) is 1. The molecule has 27 heavy (non-hydrogen) atoms. The monoisotopic (exact) mass is 371 g/mol. The largest absolute Gasteiger partial charge is 0.472 e. The molecule has 0 spiro atoms. The molecule has 1 aliphatic rings. The lowest BCUT2D eigenvalue weighted by molar-refractivity contribution is -0.0586. The standard InChI is InChI=1S/C20H25N3O4/c1-14-11-23(12-15(2)27-14)19(24)18-5-3-16(4-6-18)9-21-20(25)22-10-17-7-8-26-13-17/h3-8,13-15H,9-12H2,1-2H3,(H2,21,22,25). The van der Waals surface area contributed by atoms with Gasteiger partial charge in [-0.25, -0.2) is 4.79 Å². The number of carbonyl (C=O) groups is 2. The second kappa shape index (κ2) is 8.73. The minimum absolute atomic E-state index is 0.00867. The average molecular weight is 371 g/mol. The van der Waals surface area contributed by atoms with Crippen molar-refractivity contribution in [3.05, 3.63) is 59.5 Å². The van der Waals surface area contributed by atoms with Crippen LogP contribution in [0.1, 0.15) is 35.3 Å². The van der Waals surface area contributed by atoms with Gasteiger partial charge in [-0.15, -0.1) is 0 Å². The van der Waals surface area contributed by atoms with E-state index in [-0.39, 0.29) is 24.1 Å². The fourth-order valence-corrected chi connectivity index (χ4v) is 3.11. The van der Waals surface area contributed by atoms with Crippen LogP contribution in [-0.2, 0) is 17.8 Å². The summed E-state index contributed by atoms with van der Waals surface area (Å²) >= 11 is 0. The maximum Gasteiger partial charge on any atom is 0.315 e. The Labute approximate surface area is 158 Å². The number of nitrogens with one attached hydrogen (secondary N) is 2. The van der Waals surface area contributed by atoms with Crippen molar-refractivity contribution in [2.24, 2.45) is 0 Å². The summed E-state index contributed by atoms with van der Waals surface area (Å²) in [5.41, 5.74) is 2.47. The molecule has 0 saturated carbocycles. The summed E-state index contributed by atoms with van der Waals surface area (Å²) in [4.78, 5) is 26.3. The molecule has 1 saturated heterocycles. The summed E-state index contributed by atoms with van der Waals surface area (Å²) in [7, 11) is 0. The molecule has 2 heterocycles. The van der Waals surface area contributed by atoms with E-state index in [0.717, 1.165) is 11.1 Å². The minimum Gasteiger partial charge on any atom is -0.472 e. The maximum atomic E-state index is 12.6. The van der Waals surface area contributed by atoms with Crippen LogP contribution >= 0.6 is 0 Å². The number of hydrogen-bond donors (Lipinski definition) is 2. The molecule has 2 aromatic rings. The van der Waals surface area contributed by atoms with Gasteiger partial charge in [-0.2, -0.15) is 0 Å². The number of carbonyl (C=O) groups excluding carboxylic acids is 2. The first-order valence-corrected chi connectivity index (χ1v) is 9.07. The van der Waals surface area contributed by atoms with Gasteiger partial charge < -0.3 is 24.7 Å². The molecule has 3 amide bonds. The smallest absolute Gasteiger partial charge is 0.315 e. The molecule has 1 fully saturated rings. The number of hydrogen-bond acceptors (Lipinski definition) is 4. The van der Waals surface area contributed by atoms with Crippen LogP contribution < -0.4 is 10.6 Å². The zero-order valence-corrected chi connectivity index (χ0v) is 15.6. The van der Waals surface area contributed by atoms with E-state index in [1.807, 2.05) is 30.9 Å². The van der Waals surface area contributed by atoms with Crippen LogP contribution in [0, 0.1) is 0 Å². The molecular formula is C20H25N3O4. The van der Waals surface area contributed by atoms with Crippen molar-refractivity contribution in [1.82, 2.24) is 15.5 Å². The third-order valence-electron chi connectivity index (χ3n) is 4.39. The van der Waals surface area contributed by atoms with Crippen molar-refractivity contribution in [2.75, 3.05) is 13.1 Å². The molecule has 7 nitrogen and oxygen atoms in total. The molecule has 0 aliphatic carbocycles. The Kier molecular flexibility index (Phi) is 6.13. The number of benzene rings is 1. The van der Waals surface area contributed by atoms with E-state index in [1.165, 1.54) is 0 Å². The van der Waals surface area contributed by atoms with Gasteiger partial charge in [0.1, 0.15) is 0 Å². The van der Waals surface area contributed by atoms with Crippen LogP contribution in [0.25, 0.3) is 0 Å². The van der Waals surface area contributed by atoms with Gasteiger partial charge >= 0.3 is 6.03 Å². The highest BCUT2D eigenvalue weighted by atomic mass is 16.5. The van der Waals surface area contributed by atoms with Gasteiger partial charge in [0.25, 0.3) is 5.91 Å². The van der Waals surface area contributed by atoms with Crippen molar-refractivity contribution in [3.8, 4) is 0 Å². The lowest BCUT2D eigenvalue weighted by atomic mass is 10.1. The molecule has 1 aliphatic heterocycles. The number of morpholine rings is 1. The van der Waals surface area contributed by atoms with E-state index in [1.54, 1.807) is 30.7 Å². The average Bonchev–Trinajstić information content (AvgIpc) is 3.17. The van der Waals surface area contributed by atoms with E-state index in [9.17, 15) is 9.59 Å². The Morgan fingerprint density at radius 3 is 2.22 bits per heavy atom. The molecular weight excluding hydrogens is 346 g/mol. The van der Waals surface area contributed by atoms with E-state index < -0.39 is 0 Å². The maximum absolute atomic E-state index is 12.6. The molecule has 0 radical (unpaired) electrons. The fraction of sp³-hybridized carbons (Fsp3) is 0.400. The van der Waals surface area contributed by atoms with Crippen LogP contribution in [0.5, 0.6) is 0 Å². The van der Waals surface area contributed by atoms with Gasteiger partial charge in [0, 0.05) is 37.3 Å². The van der Waals surface area contributed by atoms with Crippen LogP contribution in [0.15, 0.2) is 47.3 Å². The fourth-order valence-electron chi connectivity index (χ4n) is 3.11. The van der Waals surface area contributed by atoms with Gasteiger partial charge in [-0.1, -0.05) is 12.1 Å². The Morgan fingerprint density at radius 1 is 1.00 bits per heavy atom. The first kappa shape index (κ1) is 19.0. The molecule has 3 rings (SSSR count). The first-order valence-electron chi connectivity index (χ1n) is 9.07. The van der Waals surface area contributed by atoms with Gasteiger partial charge in [0.2, 0.25) is 0 Å². The number of furan rings is 1. The molecule has 1 aromatic heterocycles. The number of urea groups is 1. The summed E-state index contributed by atoms with van der Waals surface area (Å²) < 4.78 is 10.6. The molecule has 0 bridgehead atoms. The molecule has 7 heteroatoms. The molecule has 144 valence electrons. The van der Waals surface area contributed by atoms with E-state index in [2.05, 4.69) is 10.6 Å². The lowest BCUT2D eigenvalue weighted by Crippen LogP contribution is -2.48. The summed E-state index contributed by atoms with van der Waals surface area (Å²) in [5, 5.41) is 5.55. The lowest BCUT2D eigenvalue weighted by Gasteiger charge is -2.35. The third-order valence-corrected chi connectivity index (χ3v) is 4.39. The van der Waals surface area contributed by atoms with Crippen molar-refractivity contribution in [1.29, 1.82) is 0 Å². The first-order chi connectivity index (χ1) is 13.0. The van der Waals surface area contributed by atoms with E-state index in [4.69, 9.17) is 9.15 Å². The molecule has 2 atom stereocenters. The zero-order chi connectivity index (χ0) is 19.2. The molecule has 2 N–H and O–H groups in total. The molecule has 2 unspecified atom stereocenters. The third kappa shape index (κ3) is 5.34. The van der Waals surface area contributed by atoms with Crippen LogP contribution in [-0.4, -0.2) is 42.1 Å². The summed E-state index contributed by atoms with van der Waals surface area (Å²) in [6.45, 7) is 5.95. The second-order valence-corrected chi connectivity index (χ2v) is 6.83. The van der Waals surface area contributed by atoms with Crippen LogP contribution in [0.3, 0.4) is 0 Å². The Hall–Kier alpha value is -2.80. The van der Waals surface area contributed by atoms with Crippen molar-refractivity contribution >= 4 is 11.9 Å². The quantitative estimate of drug-likeness (QED) is 0.846. The van der Waals surface area contributed by atoms with E-state index >= 15 is 0 Å². The number of rotatable bonds is 5.